The van der Waals surface area contributed by atoms with Crippen molar-refractivity contribution in [3.05, 3.63) is 102 Å². The molecule has 0 spiro atoms. The molecule has 0 atom stereocenters. The van der Waals surface area contributed by atoms with E-state index in [1.54, 1.807) is 25.3 Å². The molecule has 5 aromatic rings. The maximum Gasteiger partial charge on any atom is 0.252 e. The highest BCUT2D eigenvalue weighted by atomic mass is 32.1. The zero-order valence-electron chi connectivity index (χ0n) is 28.3. The fourth-order valence-electron chi connectivity index (χ4n) is 8.22. The summed E-state index contributed by atoms with van der Waals surface area (Å²) in [7, 11) is 0. The van der Waals surface area contributed by atoms with Gasteiger partial charge < -0.3 is 15.2 Å². The number of carbonyl (C=O) groups is 3. The highest BCUT2D eigenvalue weighted by molar-refractivity contribution is 7.19. The fraction of sp³-hybridized carbons (Fsp3) is 0.317. The van der Waals surface area contributed by atoms with Gasteiger partial charge in [0.25, 0.3) is 11.8 Å². The second-order valence-corrected chi connectivity index (χ2v) is 15.1. The molecule has 9 heteroatoms. The molecular weight excluding hydrogens is 643 g/mol. The number of Topliss-reactive ketones (excluding diaryl/α,β-unsaturated/α-hetero) is 1. The Balaban J connectivity index is 1.09. The van der Waals surface area contributed by atoms with Gasteiger partial charge in [0.05, 0.1) is 17.1 Å². The minimum Gasteiger partial charge on any atom is -0.357 e. The van der Waals surface area contributed by atoms with Gasteiger partial charge in [0.2, 0.25) is 0 Å². The molecule has 8 nitrogen and oxygen atoms in total. The average molecular weight is 684 g/mol. The third kappa shape index (κ3) is 5.83. The fourth-order valence-corrected chi connectivity index (χ4v) is 9.04. The SMILES string of the molecule is C=C1Cn2c(c(C3CCCCC3)c3ccc(C(=O)NC4(C(=O)Nc5ncc(-c6ccc(C(C)=O)cc6)s5)CCCC4)cc32)-c2ccccc2N1. The Bertz CT molecular complexity index is 2150. The molecule has 0 saturated heterocycles. The number of nitrogens with one attached hydrogen (secondary N) is 3. The lowest BCUT2D eigenvalue weighted by Gasteiger charge is -2.28. The maximum atomic E-state index is 14.1. The van der Waals surface area contributed by atoms with E-state index in [1.165, 1.54) is 47.2 Å². The van der Waals surface area contributed by atoms with E-state index in [-0.39, 0.29) is 17.6 Å². The second-order valence-electron chi connectivity index (χ2n) is 14.1. The van der Waals surface area contributed by atoms with Crippen molar-refractivity contribution in [3.63, 3.8) is 0 Å². The number of hydrogen-bond acceptors (Lipinski definition) is 6. The van der Waals surface area contributed by atoms with E-state index in [9.17, 15) is 14.4 Å². The van der Waals surface area contributed by atoms with Crippen LogP contribution in [-0.4, -0.2) is 32.7 Å². The number of allylic oxidation sites excluding steroid dienone is 1. The molecule has 3 aliphatic rings. The summed E-state index contributed by atoms with van der Waals surface area (Å²) in [5.74, 6) is -0.0278. The van der Waals surface area contributed by atoms with Crippen LogP contribution in [0.5, 0.6) is 0 Å². The number of ketones is 1. The summed E-state index contributed by atoms with van der Waals surface area (Å²) in [6.07, 6.45) is 10.6. The van der Waals surface area contributed by atoms with Crippen molar-refractivity contribution < 1.29 is 14.4 Å². The molecule has 2 aliphatic carbocycles. The average Bonchev–Trinajstić information content (AvgIpc) is 3.85. The number of para-hydroxylation sites is 1. The van der Waals surface area contributed by atoms with Crippen molar-refractivity contribution in [3.8, 4) is 21.7 Å². The first-order chi connectivity index (χ1) is 24.3. The van der Waals surface area contributed by atoms with Crippen molar-refractivity contribution in [1.82, 2.24) is 14.9 Å². The van der Waals surface area contributed by atoms with Crippen LogP contribution in [0.1, 0.15) is 96.9 Å². The Hall–Kier alpha value is -5.02. The number of rotatable bonds is 7. The monoisotopic (exact) mass is 683 g/mol. The van der Waals surface area contributed by atoms with Gasteiger partial charge in [0, 0.05) is 45.2 Å². The summed E-state index contributed by atoms with van der Waals surface area (Å²) < 4.78 is 2.34. The lowest BCUT2D eigenvalue weighted by Crippen LogP contribution is -2.55. The van der Waals surface area contributed by atoms with Gasteiger partial charge in [-0.1, -0.05) is 98.6 Å². The largest absolute Gasteiger partial charge is 0.357 e. The molecule has 0 bridgehead atoms. The van der Waals surface area contributed by atoms with Crippen molar-refractivity contribution in [1.29, 1.82) is 0 Å². The van der Waals surface area contributed by atoms with Crippen LogP contribution in [0.4, 0.5) is 10.8 Å². The van der Waals surface area contributed by atoms with E-state index in [1.807, 2.05) is 24.3 Å². The van der Waals surface area contributed by atoms with Crippen molar-refractivity contribution in [2.45, 2.75) is 82.7 Å². The van der Waals surface area contributed by atoms with Crippen molar-refractivity contribution in [2.24, 2.45) is 0 Å². The van der Waals surface area contributed by atoms with Crippen LogP contribution < -0.4 is 16.0 Å². The molecule has 3 heterocycles. The summed E-state index contributed by atoms with van der Waals surface area (Å²) in [5.41, 5.74) is 7.81. The molecule has 0 unspecified atom stereocenters. The van der Waals surface area contributed by atoms with E-state index >= 15 is 0 Å². The number of amides is 2. The molecule has 2 aromatic heterocycles. The van der Waals surface area contributed by atoms with Gasteiger partial charge in [-0.25, -0.2) is 4.98 Å². The van der Waals surface area contributed by atoms with Gasteiger partial charge in [0.15, 0.2) is 10.9 Å². The summed E-state index contributed by atoms with van der Waals surface area (Å²) in [4.78, 5) is 45.1. The van der Waals surface area contributed by atoms with Crippen LogP contribution in [0.25, 0.3) is 32.6 Å². The first kappa shape index (κ1) is 32.2. The lowest BCUT2D eigenvalue weighted by molar-refractivity contribution is -0.122. The molecule has 1 aliphatic heterocycles. The minimum atomic E-state index is -1.03. The first-order valence-corrected chi connectivity index (χ1v) is 18.5. The molecule has 3 N–H and O–H groups in total. The quantitative estimate of drug-likeness (QED) is 0.148. The van der Waals surface area contributed by atoms with Gasteiger partial charge in [-0.3, -0.25) is 19.7 Å². The van der Waals surface area contributed by atoms with E-state index in [2.05, 4.69) is 62.4 Å². The van der Waals surface area contributed by atoms with E-state index in [0.717, 1.165) is 58.6 Å². The molecule has 254 valence electrons. The van der Waals surface area contributed by atoms with E-state index in [4.69, 9.17) is 0 Å². The molecule has 8 rings (SSSR count). The van der Waals surface area contributed by atoms with Crippen LogP contribution in [0, 0.1) is 0 Å². The smallest absolute Gasteiger partial charge is 0.252 e. The summed E-state index contributed by atoms with van der Waals surface area (Å²) in [6.45, 7) is 6.49. The summed E-state index contributed by atoms with van der Waals surface area (Å²) >= 11 is 1.37. The maximum absolute atomic E-state index is 14.1. The van der Waals surface area contributed by atoms with Gasteiger partial charge in [-0.2, -0.15) is 0 Å². The number of carbonyl (C=O) groups excluding carboxylic acids is 3. The molecule has 0 radical (unpaired) electrons. The second kappa shape index (κ2) is 13.0. The van der Waals surface area contributed by atoms with Gasteiger partial charge in [-0.15, -0.1) is 0 Å². The normalized spacial score (nSPS) is 17.0. The predicted octanol–water partition coefficient (Wildman–Crippen LogP) is 9.30. The summed E-state index contributed by atoms with van der Waals surface area (Å²) in [6, 6.07) is 21.9. The highest BCUT2D eigenvalue weighted by Crippen LogP contribution is 2.47. The highest BCUT2D eigenvalue weighted by Gasteiger charge is 2.43. The first-order valence-electron chi connectivity index (χ1n) is 17.7. The Morgan fingerprint density at radius 2 is 1.68 bits per heavy atom. The van der Waals surface area contributed by atoms with Crippen molar-refractivity contribution in [2.75, 3.05) is 10.6 Å². The Kier molecular flexibility index (Phi) is 8.39. The van der Waals surface area contributed by atoms with Crippen molar-refractivity contribution >= 4 is 50.7 Å². The van der Waals surface area contributed by atoms with Gasteiger partial charge >= 0.3 is 0 Å². The number of hydrogen-bond donors (Lipinski definition) is 3. The van der Waals surface area contributed by atoms with Crippen LogP contribution in [0.3, 0.4) is 0 Å². The molecule has 3 aromatic carbocycles. The van der Waals surface area contributed by atoms with Crippen LogP contribution in [0.2, 0.25) is 0 Å². The molecule has 50 heavy (non-hydrogen) atoms. The third-order valence-electron chi connectivity index (χ3n) is 10.8. The standard InChI is InChI=1S/C41H41N5O3S/c1-25-24-46-34-22-30(18-19-32(34)36(29-10-4-3-5-11-29)37(46)31-12-6-7-13-33(31)43-25)38(48)45-41(20-8-9-21-41)39(49)44-40-42-23-35(50-40)28-16-14-27(15-17-28)26(2)47/h6-7,12-19,22-23,29,43H,1,3-5,8-11,20-21,24H2,2H3,(H,45,48)(H,42,44,49). The number of fused-ring (bicyclic) bond motifs is 5. The van der Waals surface area contributed by atoms with E-state index in [0.29, 0.717) is 41.6 Å². The van der Waals surface area contributed by atoms with Crippen LogP contribution in [-0.2, 0) is 11.3 Å². The zero-order chi connectivity index (χ0) is 34.4. The van der Waals surface area contributed by atoms with Crippen LogP contribution in [0.15, 0.2) is 85.2 Å². The molecule has 2 amide bonds. The minimum absolute atomic E-state index is 0.0131. The zero-order valence-corrected chi connectivity index (χ0v) is 29.1. The Morgan fingerprint density at radius 1 is 0.940 bits per heavy atom. The number of aromatic nitrogens is 2. The Labute approximate surface area is 296 Å². The number of benzene rings is 3. The topological polar surface area (TPSA) is 105 Å². The lowest BCUT2D eigenvalue weighted by atomic mass is 9.81. The number of anilines is 2. The Morgan fingerprint density at radius 3 is 2.44 bits per heavy atom. The summed E-state index contributed by atoms with van der Waals surface area (Å²) in [5, 5.41) is 11.4. The number of thiazole rings is 1. The third-order valence-corrected chi connectivity index (χ3v) is 11.7. The van der Waals surface area contributed by atoms with Crippen LogP contribution >= 0.6 is 11.3 Å². The molecule has 2 fully saturated rings. The van der Waals surface area contributed by atoms with Gasteiger partial charge in [0.1, 0.15) is 5.54 Å². The van der Waals surface area contributed by atoms with Gasteiger partial charge in [-0.05, 0) is 67.9 Å². The number of nitrogens with zero attached hydrogens (tertiary/aromatic N) is 2. The molecular formula is C41H41N5O3S. The molecule has 2 saturated carbocycles. The van der Waals surface area contributed by atoms with E-state index < -0.39 is 5.54 Å². The predicted molar refractivity (Wildman–Crippen MR) is 201 cm³/mol.